The molecule has 7 heteroatoms. The summed E-state index contributed by atoms with van der Waals surface area (Å²) in [6.45, 7) is 0. The first-order chi connectivity index (χ1) is 8.90. The summed E-state index contributed by atoms with van der Waals surface area (Å²) in [5.41, 5.74) is 14.6. The van der Waals surface area contributed by atoms with E-state index >= 15 is 0 Å². The Morgan fingerprint density at radius 2 is 1.05 bits per heavy atom. The van der Waals surface area contributed by atoms with Crippen LogP contribution in [0.15, 0.2) is 0 Å². The van der Waals surface area contributed by atoms with E-state index in [1.165, 1.54) is 0 Å². The van der Waals surface area contributed by atoms with E-state index in [9.17, 15) is 14.4 Å². The molecule has 6 N–H and O–H groups in total. The van der Waals surface area contributed by atoms with Crippen LogP contribution in [0.1, 0.15) is 51.4 Å². The molecule has 0 saturated carbocycles. The van der Waals surface area contributed by atoms with Gasteiger partial charge in [-0.05, 0) is 25.7 Å². The Hall–Kier alpha value is -2.10. The molecule has 0 aromatic rings. The first kappa shape index (κ1) is 19.2. The van der Waals surface area contributed by atoms with Gasteiger partial charge in [0.25, 0.3) is 0 Å². The van der Waals surface area contributed by atoms with E-state index in [-0.39, 0.29) is 17.7 Å². The molecular formula is C12H22N4O3. The van der Waals surface area contributed by atoms with Gasteiger partial charge in [-0.25, -0.2) is 0 Å². The second-order valence-electron chi connectivity index (χ2n) is 3.97. The number of nitriles is 1. The van der Waals surface area contributed by atoms with Crippen molar-refractivity contribution in [2.24, 2.45) is 17.2 Å². The van der Waals surface area contributed by atoms with E-state index in [0.29, 0.717) is 38.5 Å². The zero-order chi connectivity index (χ0) is 15.1. The predicted molar refractivity (Wildman–Crippen MR) is 70.1 cm³/mol. The van der Waals surface area contributed by atoms with Crippen LogP contribution < -0.4 is 17.2 Å². The minimum atomic E-state index is -0.329. The normalized spacial score (nSPS) is 8.79. The minimum absolute atomic E-state index is 0.284. The summed E-state index contributed by atoms with van der Waals surface area (Å²) in [7, 11) is 0. The molecule has 19 heavy (non-hydrogen) atoms. The maximum absolute atomic E-state index is 10.2. The topological polar surface area (TPSA) is 153 Å². The monoisotopic (exact) mass is 270 g/mol. The number of carbonyl (C=O) groups excluding carboxylic acids is 3. The van der Waals surface area contributed by atoms with Crippen LogP contribution in [0.2, 0.25) is 0 Å². The molecule has 0 radical (unpaired) electrons. The molecule has 0 aliphatic rings. The van der Waals surface area contributed by atoms with Gasteiger partial charge in [-0.1, -0.05) is 0 Å². The second-order valence-corrected chi connectivity index (χ2v) is 3.97. The Labute approximate surface area is 113 Å². The van der Waals surface area contributed by atoms with Crippen molar-refractivity contribution in [2.75, 3.05) is 0 Å². The zero-order valence-electron chi connectivity index (χ0n) is 11.1. The number of nitrogens with zero attached hydrogens (tertiary/aromatic N) is 1. The van der Waals surface area contributed by atoms with E-state index in [1.807, 2.05) is 6.07 Å². The second kappa shape index (κ2) is 14.0. The van der Waals surface area contributed by atoms with E-state index < -0.39 is 0 Å². The molecule has 0 aromatic heterocycles. The van der Waals surface area contributed by atoms with E-state index in [4.69, 9.17) is 22.5 Å². The lowest BCUT2D eigenvalue weighted by molar-refractivity contribution is -0.119. The molecule has 0 heterocycles. The lowest BCUT2D eigenvalue weighted by Gasteiger charge is -1.93. The van der Waals surface area contributed by atoms with Crippen molar-refractivity contribution in [1.82, 2.24) is 0 Å². The molecule has 0 bridgehead atoms. The van der Waals surface area contributed by atoms with Crippen molar-refractivity contribution in [3.05, 3.63) is 0 Å². The van der Waals surface area contributed by atoms with E-state index in [1.54, 1.807) is 0 Å². The first-order valence-corrected chi connectivity index (χ1v) is 6.12. The van der Waals surface area contributed by atoms with Crippen molar-refractivity contribution in [3.8, 4) is 6.07 Å². The van der Waals surface area contributed by atoms with Gasteiger partial charge in [0, 0.05) is 25.7 Å². The number of hydrogen-bond acceptors (Lipinski definition) is 4. The van der Waals surface area contributed by atoms with Gasteiger partial charge in [-0.3, -0.25) is 14.4 Å². The molecular weight excluding hydrogens is 248 g/mol. The molecule has 0 unspecified atom stereocenters. The van der Waals surface area contributed by atoms with Gasteiger partial charge in [0.15, 0.2) is 0 Å². The van der Waals surface area contributed by atoms with E-state index in [0.717, 1.165) is 12.8 Å². The number of unbranched alkanes of at least 4 members (excludes halogenated alkanes) is 3. The molecule has 7 nitrogen and oxygen atoms in total. The van der Waals surface area contributed by atoms with Crippen LogP contribution in [0, 0.1) is 11.3 Å². The summed E-state index contributed by atoms with van der Waals surface area (Å²) in [5.74, 6) is -0.943. The van der Waals surface area contributed by atoms with Gasteiger partial charge in [0.05, 0.1) is 6.07 Å². The number of amides is 3. The predicted octanol–water partition coefficient (Wildman–Crippen LogP) is 0.0731. The number of primary amides is 3. The number of rotatable bonds is 9. The highest BCUT2D eigenvalue weighted by atomic mass is 16.1. The SMILES string of the molecule is N#CCCCCC(N)=O.NC(=O)CCCCC(N)=O. The van der Waals surface area contributed by atoms with Gasteiger partial charge < -0.3 is 17.2 Å². The van der Waals surface area contributed by atoms with Gasteiger partial charge in [0.1, 0.15) is 0 Å². The summed E-state index contributed by atoms with van der Waals surface area (Å²) < 4.78 is 0. The number of nitrogens with two attached hydrogens (primary N) is 3. The molecule has 0 rings (SSSR count). The molecule has 0 aliphatic heterocycles. The smallest absolute Gasteiger partial charge is 0.217 e. The quantitative estimate of drug-likeness (QED) is 0.507. The highest BCUT2D eigenvalue weighted by molar-refractivity contribution is 5.74. The van der Waals surface area contributed by atoms with Gasteiger partial charge in [0.2, 0.25) is 17.7 Å². The molecule has 3 amide bonds. The van der Waals surface area contributed by atoms with Crippen LogP contribution in [-0.4, -0.2) is 17.7 Å². The van der Waals surface area contributed by atoms with Gasteiger partial charge >= 0.3 is 0 Å². The lowest BCUT2D eigenvalue weighted by Crippen LogP contribution is -2.12. The van der Waals surface area contributed by atoms with Crippen molar-refractivity contribution >= 4 is 17.7 Å². The third-order valence-electron chi connectivity index (χ3n) is 2.06. The van der Waals surface area contributed by atoms with Crippen LogP contribution in [0.25, 0.3) is 0 Å². The van der Waals surface area contributed by atoms with Crippen molar-refractivity contribution in [3.63, 3.8) is 0 Å². The lowest BCUT2D eigenvalue weighted by atomic mass is 10.2. The van der Waals surface area contributed by atoms with Crippen molar-refractivity contribution < 1.29 is 14.4 Å². The summed E-state index contributed by atoms with van der Waals surface area (Å²) in [6.07, 6.45) is 4.43. The average molecular weight is 270 g/mol. The molecule has 0 atom stereocenters. The van der Waals surface area contributed by atoms with Gasteiger partial charge in [-0.15, -0.1) is 0 Å². The third kappa shape index (κ3) is 25.9. The Kier molecular flexibility index (Phi) is 14.1. The summed E-state index contributed by atoms with van der Waals surface area (Å²) in [4.78, 5) is 30.4. The number of hydrogen-bond donors (Lipinski definition) is 3. The first-order valence-electron chi connectivity index (χ1n) is 6.12. The fraction of sp³-hybridized carbons (Fsp3) is 0.667. The fourth-order valence-electron chi connectivity index (χ4n) is 1.10. The Bertz CT molecular complexity index is 307. The zero-order valence-corrected chi connectivity index (χ0v) is 11.1. The fourth-order valence-corrected chi connectivity index (χ4v) is 1.10. The Morgan fingerprint density at radius 1 is 0.737 bits per heavy atom. The van der Waals surface area contributed by atoms with Crippen LogP contribution in [-0.2, 0) is 14.4 Å². The van der Waals surface area contributed by atoms with Crippen molar-refractivity contribution in [1.29, 1.82) is 5.26 Å². The maximum atomic E-state index is 10.2. The maximum Gasteiger partial charge on any atom is 0.217 e. The summed E-state index contributed by atoms with van der Waals surface area (Å²) >= 11 is 0. The van der Waals surface area contributed by atoms with Crippen LogP contribution in [0.5, 0.6) is 0 Å². The summed E-state index contributed by atoms with van der Waals surface area (Å²) in [6, 6.07) is 1.99. The third-order valence-corrected chi connectivity index (χ3v) is 2.06. The Morgan fingerprint density at radius 3 is 1.32 bits per heavy atom. The van der Waals surface area contributed by atoms with Gasteiger partial charge in [-0.2, -0.15) is 5.26 Å². The van der Waals surface area contributed by atoms with Crippen LogP contribution in [0.4, 0.5) is 0 Å². The van der Waals surface area contributed by atoms with Crippen molar-refractivity contribution in [2.45, 2.75) is 51.4 Å². The molecule has 0 aromatic carbocycles. The largest absolute Gasteiger partial charge is 0.370 e. The average Bonchev–Trinajstić information content (AvgIpc) is 2.30. The molecule has 0 saturated heterocycles. The van der Waals surface area contributed by atoms with Crippen LogP contribution in [0.3, 0.4) is 0 Å². The van der Waals surface area contributed by atoms with E-state index in [2.05, 4.69) is 0 Å². The molecule has 0 spiro atoms. The summed E-state index contributed by atoms with van der Waals surface area (Å²) in [5, 5.41) is 8.07. The standard InChI is InChI=1S/C6H12N2O2.C6H10N2O/c7-5(9)3-1-2-4-6(8)10;7-5-3-1-2-4-6(8)9/h1-4H2,(H2,7,9)(H2,8,10);1-4H2,(H2,8,9). The Balaban J connectivity index is 0. The minimum Gasteiger partial charge on any atom is -0.370 e. The highest BCUT2D eigenvalue weighted by Gasteiger charge is 1.96. The molecule has 108 valence electrons. The molecule has 0 fully saturated rings. The highest BCUT2D eigenvalue weighted by Crippen LogP contribution is 1.97. The number of carbonyl (C=O) groups is 3. The molecule has 0 aliphatic carbocycles. The van der Waals surface area contributed by atoms with Crippen LogP contribution >= 0.6 is 0 Å².